The Kier molecular flexibility index (Phi) is 6.42. The first-order valence-corrected chi connectivity index (χ1v) is 15.8. The zero-order valence-corrected chi connectivity index (χ0v) is 27.0. The van der Waals surface area contributed by atoms with E-state index in [0.717, 1.165) is 5.46 Å². The summed E-state index contributed by atoms with van der Waals surface area (Å²) >= 11 is 0. The van der Waals surface area contributed by atoms with Gasteiger partial charge in [0.15, 0.2) is 0 Å². The van der Waals surface area contributed by atoms with E-state index < -0.39 is 23.7 Å². The maximum Gasteiger partial charge on any atom is 0.494 e. The number of fused-ring (bicyclic) bond motifs is 4. The van der Waals surface area contributed by atoms with Gasteiger partial charge >= 0.3 is 7.12 Å². The van der Waals surface area contributed by atoms with Crippen molar-refractivity contribution in [2.24, 2.45) is 0 Å². The molecule has 0 saturated carbocycles. The minimum absolute atomic E-state index is 0.141. The monoisotopic (exact) mass is 576 g/mol. The molecule has 1 aliphatic heterocycles. The van der Waals surface area contributed by atoms with Gasteiger partial charge in [-0.25, -0.2) is 0 Å². The molecule has 0 amide bonds. The third-order valence-corrected chi connectivity index (χ3v) is 10.8. The van der Waals surface area contributed by atoms with Crippen LogP contribution in [0.25, 0.3) is 16.7 Å². The molecule has 1 saturated heterocycles. The third kappa shape index (κ3) is 3.82. The fourth-order valence-corrected chi connectivity index (χ4v) is 7.87. The molecule has 0 N–H and O–H groups in total. The molecule has 0 radical (unpaired) electrons. The summed E-state index contributed by atoms with van der Waals surface area (Å²) in [5.41, 5.74) is 12.4. The average Bonchev–Trinajstić information content (AvgIpc) is 3.51. The molecule has 0 aromatic heterocycles. The zero-order chi connectivity index (χ0) is 31.1. The third-order valence-electron chi connectivity index (χ3n) is 10.8. The SMILES string of the molecule is C=C/C=C1\C(=C/C)C(C)(C)c2cc(C3(c4ccccc4)c4ccccc4-c4ccc(B5OC(C)(C)C(C)(C)O5)cc43)ccc21. The molecule has 3 heteroatoms. The van der Waals surface area contributed by atoms with Gasteiger partial charge in [0.25, 0.3) is 0 Å². The van der Waals surface area contributed by atoms with Crippen LogP contribution in [0, 0.1) is 0 Å². The summed E-state index contributed by atoms with van der Waals surface area (Å²) in [6.07, 6.45) is 6.33. The topological polar surface area (TPSA) is 18.5 Å². The average molecular weight is 577 g/mol. The normalized spacial score (nSPS) is 23.9. The van der Waals surface area contributed by atoms with Crippen molar-refractivity contribution in [3.05, 3.63) is 155 Å². The molecule has 4 aromatic carbocycles. The summed E-state index contributed by atoms with van der Waals surface area (Å²) < 4.78 is 13.1. The van der Waals surface area contributed by atoms with Gasteiger partial charge in [0.2, 0.25) is 0 Å². The van der Waals surface area contributed by atoms with Crippen LogP contribution in [0.2, 0.25) is 0 Å². The summed E-state index contributed by atoms with van der Waals surface area (Å²) in [5, 5.41) is 0. The summed E-state index contributed by atoms with van der Waals surface area (Å²) in [6.45, 7) is 19.3. The molecular formula is C41H41BO2. The summed E-state index contributed by atoms with van der Waals surface area (Å²) in [5.74, 6) is 0. The Bertz CT molecular complexity index is 1860. The standard InChI is InChI=1S/C41H41BO2/c1-9-16-30-32-23-21-28(25-36(32)38(3,4)34(30)10-2)41(27-17-12-11-13-18-27)35-20-15-14-19-31(35)33-24-22-29(26-37(33)41)42-43-39(5,6)40(7,8)44-42/h9-26H,1H2,2-8H3/b30-16-,34-10+. The van der Waals surface area contributed by atoms with Gasteiger partial charge in [-0.2, -0.15) is 0 Å². The Balaban J connectivity index is 1.53. The van der Waals surface area contributed by atoms with Crippen LogP contribution in [0.5, 0.6) is 0 Å². The number of benzene rings is 4. The fraction of sp³-hybridized carbons (Fsp3) is 0.268. The Morgan fingerprint density at radius 3 is 1.95 bits per heavy atom. The molecule has 220 valence electrons. The fourth-order valence-electron chi connectivity index (χ4n) is 7.87. The Morgan fingerprint density at radius 1 is 0.636 bits per heavy atom. The highest BCUT2D eigenvalue weighted by molar-refractivity contribution is 6.62. The molecule has 1 heterocycles. The predicted molar refractivity (Wildman–Crippen MR) is 184 cm³/mol. The molecule has 0 bridgehead atoms. The summed E-state index contributed by atoms with van der Waals surface area (Å²) in [7, 11) is -0.440. The van der Waals surface area contributed by atoms with E-state index >= 15 is 0 Å². The van der Waals surface area contributed by atoms with E-state index in [2.05, 4.69) is 158 Å². The maximum atomic E-state index is 6.57. The van der Waals surface area contributed by atoms with Crippen LogP contribution in [-0.2, 0) is 20.1 Å². The van der Waals surface area contributed by atoms with Gasteiger partial charge in [0.1, 0.15) is 0 Å². The maximum absolute atomic E-state index is 6.57. The highest BCUT2D eigenvalue weighted by Crippen LogP contribution is 2.58. The van der Waals surface area contributed by atoms with Crippen LogP contribution in [0.3, 0.4) is 0 Å². The van der Waals surface area contributed by atoms with Gasteiger partial charge in [0.05, 0.1) is 16.6 Å². The molecule has 2 aliphatic carbocycles. The van der Waals surface area contributed by atoms with Gasteiger partial charge in [-0.15, -0.1) is 0 Å². The Hall–Kier alpha value is -3.92. The van der Waals surface area contributed by atoms with Crippen molar-refractivity contribution in [3.63, 3.8) is 0 Å². The lowest BCUT2D eigenvalue weighted by molar-refractivity contribution is 0.00578. The minimum atomic E-state index is -0.515. The first kappa shape index (κ1) is 28.8. The van der Waals surface area contributed by atoms with Crippen molar-refractivity contribution in [2.45, 2.75) is 70.5 Å². The lowest BCUT2D eigenvalue weighted by atomic mass is 9.65. The first-order valence-electron chi connectivity index (χ1n) is 15.8. The van der Waals surface area contributed by atoms with E-state index in [9.17, 15) is 0 Å². The van der Waals surface area contributed by atoms with E-state index in [4.69, 9.17) is 9.31 Å². The van der Waals surface area contributed by atoms with Crippen molar-refractivity contribution in [2.75, 3.05) is 0 Å². The highest BCUT2D eigenvalue weighted by Gasteiger charge is 2.53. The molecule has 1 atom stereocenters. The van der Waals surface area contributed by atoms with Gasteiger partial charge in [-0.3, -0.25) is 0 Å². The van der Waals surface area contributed by atoms with E-state index in [1.165, 1.54) is 55.7 Å². The lowest BCUT2D eigenvalue weighted by Crippen LogP contribution is -2.41. The Labute approximate surface area is 263 Å². The van der Waals surface area contributed by atoms with Gasteiger partial charge in [-0.05, 0) is 95.7 Å². The minimum Gasteiger partial charge on any atom is -0.399 e. The van der Waals surface area contributed by atoms with Crippen LogP contribution >= 0.6 is 0 Å². The molecule has 7 rings (SSSR count). The van der Waals surface area contributed by atoms with Gasteiger partial charge in [0, 0.05) is 5.41 Å². The van der Waals surface area contributed by atoms with Gasteiger partial charge < -0.3 is 9.31 Å². The van der Waals surface area contributed by atoms with Crippen LogP contribution < -0.4 is 5.46 Å². The van der Waals surface area contributed by atoms with Crippen molar-refractivity contribution >= 4 is 18.2 Å². The van der Waals surface area contributed by atoms with Crippen LogP contribution in [-0.4, -0.2) is 18.3 Å². The van der Waals surface area contributed by atoms with Crippen molar-refractivity contribution in [1.29, 1.82) is 0 Å². The predicted octanol–water partition coefficient (Wildman–Crippen LogP) is 9.16. The highest BCUT2D eigenvalue weighted by atomic mass is 16.7. The van der Waals surface area contributed by atoms with E-state index in [-0.39, 0.29) is 5.41 Å². The summed E-state index contributed by atoms with van der Waals surface area (Å²) in [4.78, 5) is 0. The first-order chi connectivity index (χ1) is 21.0. The lowest BCUT2D eigenvalue weighted by Gasteiger charge is -2.35. The second-order valence-electron chi connectivity index (χ2n) is 14.0. The zero-order valence-electron chi connectivity index (χ0n) is 27.0. The van der Waals surface area contributed by atoms with Crippen molar-refractivity contribution in [1.82, 2.24) is 0 Å². The number of hydrogen-bond donors (Lipinski definition) is 0. The molecule has 1 fully saturated rings. The summed E-state index contributed by atoms with van der Waals surface area (Å²) in [6, 6.07) is 33.9. The quantitative estimate of drug-likeness (QED) is 0.199. The molecule has 4 aromatic rings. The van der Waals surface area contributed by atoms with Gasteiger partial charge in [-0.1, -0.05) is 130 Å². The number of hydrogen-bond acceptors (Lipinski definition) is 2. The van der Waals surface area contributed by atoms with E-state index in [1.54, 1.807) is 0 Å². The molecular weight excluding hydrogens is 535 g/mol. The Morgan fingerprint density at radius 2 is 1.27 bits per heavy atom. The van der Waals surface area contributed by atoms with Crippen LogP contribution in [0.15, 0.2) is 121 Å². The number of rotatable bonds is 4. The van der Waals surface area contributed by atoms with Crippen LogP contribution in [0.4, 0.5) is 0 Å². The van der Waals surface area contributed by atoms with Crippen molar-refractivity contribution < 1.29 is 9.31 Å². The van der Waals surface area contributed by atoms with Crippen molar-refractivity contribution in [3.8, 4) is 11.1 Å². The largest absolute Gasteiger partial charge is 0.494 e. The second-order valence-corrected chi connectivity index (χ2v) is 14.0. The van der Waals surface area contributed by atoms with E-state index in [1.807, 2.05) is 6.08 Å². The van der Waals surface area contributed by atoms with E-state index in [0.29, 0.717) is 0 Å². The second kappa shape index (κ2) is 9.79. The smallest absolute Gasteiger partial charge is 0.399 e. The molecule has 3 aliphatic rings. The molecule has 44 heavy (non-hydrogen) atoms. The molecule has 0 spiro atoms. The molecule has 1 unspecified atom stereocenters. The molecule has 2 nitrogen and oxygen atoms in total. The number of allylic oxidation sites excluding steroid dienone is 5. The van der Waals surface area contributed by atoms with Crippen LogP contribution in [0.1, 0.15) is 81.8 Å².